The van der Waals surface area contributed by atoms with Crippen molar-refractivity contribution in [2.24, 2.45) is 0 Å². The summed E-state index contributed by atoms with van der Waals surface area (Å²) in [5.41, 5.74) is 0.152. The maximum Gasteiger partial charge on any atom is 0.407 e. The molecule has 0 spiro atoms. The predicted molar refractivity (Wildman–Crippen MR) is 78.7 cm³/mol. The second-order valence-corrected chi connectivity index (χ2v) is 5.64. The first-order chi connectivity index (χ1) is 9.37. The molecule has 0 fully saturated rings. The van der Waals surface area contributed by atoms with E-state index in [1.165, 1.54) is 0 Å². The first-order valence-electron chi connectivity index (χ1n) is 6.53. The van der Waals surface area contributed by atoms with Gasteiger partial charge in [0.1, 0.15) is 11.4 Å². The summed E-state index contributed by atoms with van der Waals surface area (Å²) in [4.78, 5) is 11.7. The van der Waals surface area contributed by atoms with Crippen LogP contribution in [-0.4, -0.2) is 16.8 Å². The van der Waals surface area contributed by atoms with Crippen LogP contribution in [0.2, 0.25) is 0 Å². The van der Waals surface area contributed by atoms with E-state index in [0.29, 0.717) is 5.56 Å². The van der Waals surface area contributed by atoms with E-state index in [-0.39, 0.29) is 12.3 Å². The van der Waals surface area contributed by atoms with Crippen molar-refractivity contribution in [3.8, 4) is 5.75 Å². The van der Waals surface area contributed by atoms with Crippen LogP contribution >= 0.6 is 0 Å². The van der Waals surface area contributed by atoms with Crippen LogP contribution in [0.25, 0.3) is 10.8 Å². The molecule has 0 saturated carbocycles. The third-order valence-electron chi connectivity index (χ3n) is 2.82. The van der Waals surface area contributed by atoms with Crippen LogP contribution in [-0.2, 0) is 11.3 Å². The van der Waals surface area contributed by atoms with Crippen LogP contribution in [0.3, 0.4) is 0 Å². The number of phenolic OH excluding ortho intramolecular Hbond substituents is 1. The summed E-state index contributed by atoms with van der Waals surface area (Å²) in [5.74, 6) is 0.166. The second-order valence-electron chi connectivity index (χ2n) is 5.64. The summed E-state index contributed by atoms with van der Waals surface area (Å²) in [6.07, 6.45) is -0.496. The number of hydrogen-bond acceptors (Lipinski definition) is 3. The van der Waals surface area contributed by atoms with Crippen molar-refractivity contribution >= 4 is 16.9 Å². The lowest BCUT2D eigenvalue weighted by atomic mass is 10.0. The van der Waals surface area contributed by atoms with Gasteiger partial charge in [0.15, 0.2) is 0 Å². The fourth-order valence-corrected chi connectivity index (χ4v) is 1.98. The average Bonchev–Trinajstić information content (AvgIpc) is 2.35. The molecule has 0 aliphatic rings. The molecule has 0 heterocycles. The maximum absolute atomic E-state index is 11.7. The molecule has 0 aromatic heterocycles. The SMILES string of the molecule is CC(C)(C)OC(=O)NCc1c(O)ccc2ccccc12. The number of carbonyl (C=O) groups is 1. The van der Waals surface area contributed by atoms with Crippen molar-refractivity contribution in [1.29, 1.82) is 0 Å². The topological polar surface area (TPSA) is 58.6 Å². The molecule has 0 bridgehead atoms. The predicted octanol–water partition coefficient (Wildman–Crippen LogP) is 3.57. The summed E-state index contributed by atoms with van der Waals surface area (Å²) in [6.45, 7) is 5.65. The molecule has 106 valence electrons. The maximum atomic E-state index is 11.7. The van der Waals surface area contributed by atoms with E-state index in [0.717, 1.165) is 10.8 Å². The van der Waals surface area contributed by atoms with Gasteiger partial charge in [-0.3, -0.25) is 0 Å². The normalized spacial score (nSPS) is 11.3. The lowest BCUT2D eigenvalue weighted by Gasteiger charge is -2.20. The molecular formula is C16H19NO3. The lowest BCUT2D eigenvalue weighted by Crippen LogP contribution is -2.32. The van der Waals surface area contributed by atoms with Crippen LogP contribution in [0.15, 0.2) is 36.4 Å². The van der Waals surface area contributed by atoms with Gasteiger partial charge in [0.05, 0.1) is 6.54 Å². The van der Waals surface area contributed by atoms with Gasteiger partial charge in [-0.15, -0.1) is 0 Å². The highest BCUT2D eigenvalue weighted by Crippen LogP contribution is 2.26. The minimum Gasteiger partial charge on any atom is -0.508 e. The minimum absolute atomic E-state index is 0.166. The van der Waals surface area contributed by atoms with Crippen molar-refractivity contribution in [2.45, 2.75) is 32.9 Å². The molecule has 20 heavy (non-hydrogen) atoms. The van der Waals surface area contributed by atoms with Gasteiger partial charge >= 0.3 is 6.09 Å². The van der Waals surface area contributed by atoms with Gasteiger partial charge in [-0.2, -0.15) is 0 Å². The third-order valence-corrected chi connectivity index (χ3v) is 2.82. The van der Waals surface area contributed by atoms with Crippen LogP contribution in [0.5, 0.6) is 5.75 Å². The van der Waals surface area contributed by atoms with Crippen molar-refractivity contribution in [3.05, 3.63) is 42.0 Å². The molecular weight excluding hydrogens is 254 g/mol. The molecule has 2 rings (SSSR count). The van der Waals surface area contributed by atoms with E-state index in [2.05, 4.69) is 5.32 Å². The minimum atomic E-state index is -0.537. The molecule has 4 heteroatoms. The number of benzene rings is 2. The average molecular weight is 273 g/mol. The summed E-state index contributed by atoms with van der Waals surface area (Å²) in [5, 5.41) is 14.6. The Hall–Kier alpha value is -2.23. The molecule has 2 aromatic carbocycles. The molecule has 1 amide bonds. The number of amides is 1. The molecule has 2 aromatic rings. The zero-order valence-corrected chi connectivity index (χ0v) is 11.9. The monoisotopic (exact) mass is 273 g/mol. The molecule has 0 saturated heterocycles. The van der Waals surface area contributed by atoms with Crippen LogP contribution in [0.1, 0.15) is 26.3 Å². The van der Waals surface area contributed by atoms with Crippen LogP contribution in [0, 0.1) is 0 Å². The number of fused-ring (bicyclic) bond motifs is 1. The molecule has 0 atom stereocenters. The smallest absolute Gasteiger partial charge is 0.407 e. The zero-order chi connectivity index (χ0) is 14.8. The number of ether oxygens (including phenoxy) is 1. The first-order valence-corrected chi connectivity index (χ1v) is 6.53. The molecule has 0 aliphatic heterocycles. The van der Waals surface area contributed by atoms with Gasteiger partial charge in [0.25, 0.3) is 0 Å². The van der Waals surface area contributed by atoms with Gasteiger partial charge < -0.3 is 15.2 Å². The Morgan fingerprint density at radius 3 is 2.60 bits per heavy atom. The summed E-state index contributed by atoms with van der Waals surface area (Å²) < 4.78 is 5.18. The van der Waals surface area contributed by atoms with Crippen molar-refractivity contribution in [2.75, 3.05) is 0 Å². The summed E-state index contributed by atoms with van der Waals surface area (Å²) in [6, 6.07) is 11.2. The van der Waals surface area contributed by atoms with E-state index in [1.807, 2.05) is 51.1 Å². The molecule has 2 N–H and O–H groups in total. The van der Waals surface area contributed by atoms with Crippen molar-refractivity contribution in [3.63, 3.8) is 0 Å². The van der Waals surface area contributed by atoms with Crippen LogP contribution < -0.4 is 5.32 Å². The van der Waals surface area contributed by atoms with Gasteiger partial charge in [0.2, 0.25) is 0 Å². The van der Waals surface area contributed by atoms with Crippen molar-refractivity contribution in [1.82, 2.24) is 5.32 Å². The number of carbonyl (C=O) groups excluding carboxylic acids is 1. The summed E-state index contributed by atoms with van der Waals surface area (Å²) >= 11 is 0. The number of alkyl carbamates (subject to hydrolysis) is 1. The van der Waals surface area contributed by atoms with E-state index in [4.69, 9.17) is 4.74 Å². The Morgan fingerprint density at radius 1 is 1.20 bits per heavy atom. The Labute approximate surface area is 118 Å². The van der Waals surface area contributed by atoms with Crippen molar-refractivity contribution < 1.29 is 14.6 Å². The fourth-order valence-electron chi connectivity index (χ4n) is 1.98. The first kappa shape index (κ1) is 14.2. The van der Waals surface area contributed by atoms with Gasteiger partial charge in [0, 0.05) is 5.56 Å². The quantitative estimate of drug-likeness (QED) is 0.879. The van der Waals surface area contributed by atoms with E-state index >= 15 is 0 Å². The van der Waals surface area contributed by atoms with Crippen LogP contribution in [0.4, 0.5) is 4.79 Å². The number of phenols is 1. The zero-order valence-electron chi connectivity index (χ0n) is 11.9. The lowest BCUT2D eigenvalue weighted by molar-refractivity contribution is 0.0523. The molecule has 0 unspecified atom stereocenters. The largest absolute Gasteiger partial charge is 0.508 e. The molecule has 4 nitrogen and oxygen atoms in total. The highest BCUT2D eigenvalue weighted by Gasteiger charge is 2.16. The Kier molecular flexibility index (Phi) is 3.84. The van der Waals surface area contributed by atoms with E-state index in [9.17, 15) is 9.90 Å². The number of aromatic hydroxyl groups is 1. The fraction of sp³-hybridized carbons (Fsp3) is 0.312. The number of rotatable bonds is 2. The number of hydrogen-bond donors (Lipinski definition) is 2. The molecule has 0 radical (unpaired) electrons. The highest BCUT2D eigenvalue weighted by molar-refractivity contribution is 5.88. The number of nitrogens with one attached hydrogen (secondary N) is 1. The summed E-state index contributed by atoms with van der Waals surface area (Å²) in [7, 11) is 0. The highest BCUT2D eigenvalue weighted by atomic mass is 16.6. The standard InChI is InChI=1S/C16H19NO3/c1-16(2,3)20-15(19)17-10-13-12-7-5-4-6-11(12)8-9-14(13)18/h4-9,18H,10H2,1-3H3,(H,17,19). The van der Waals surface area contributed by atoms with Gasteiger partial charge in [-0.05, 0) is 37.6 Å². The van der Waals surface area contributed by atoms with E-state index < -0.39 is 11.7 Å². The third kappa shape index (κ3) is 3.41. The van der Waals surface area contributed by atoms with E-state index in [1.54, 1.807) is 6.07 Å². The second kappa shape index (κ2) is 5.41. The molecule has 0 aliphatic carbocycles. The van der Waals surface area contributed by atoms with Gasteiger partial charge in [-0.25, -0.2) is 4.79 Å². The Morgan fingerprint density at radius 2 is 1.90 bits per heavy atom. The Bertz CT molecular complexity index is 629. The Balaban J connectivity index is 2.18. The van der Waals surface area contributed by atoms with Gasteiger partial charge in [-0.1, -0.05) is 30.3 Å².